The van der Waals surface area contributed by atoms with Crippen LogP contribution in [0.2, 0.25) is 0 Å². The van der Waals surface area contributed by atoms with Crippen LogP contribution >= 0.6 is 0 Å². The standard InChI is InChI=1S/C16H18N2O5/c1-9(2)15-14(10(3)18-23-15)16(21)17-11-5-4-6-12(7-11)22-8-13(19)20/h4-7,9H,8H2,1-3H3,(H,17,21)(H,19,20). The maximum atomic E-state index is 12.5. The van der Waals surface area contributed by atoms with E-state index < -0.39 is 12.6 Å². The minimum absolute atomic E-state index is 0.0298. The number of aliphatic carboxylic acids is 1. The number of carboxylic acids is 1. The van der Waals surface area contributed by atoms with E-state index >= 15 is 0 Å². The Morgan fingerprint density at radius 2 is 2.13 bits per heavy atom. The van der Waals surface area contributed by atoms with Crippen LogP contribution in [0.4, 0.5) is 5.69 Å². The summed E-state index contributed by atoms with van der Waals surface area (Å²) in [5, 5.41) is 15.2. The molecule has 0 aliphatic carbocycles. The van der Waals surface area contributed by atoms with Gasteiger partial charge in [0.15, 0.2) is 12.4 Å². The number of amides is 1. The molecule has 7 nitrogen and oxygen atoms in total. The van der Waals surface area contributed by atoms with Gasteiger partial charge in [-0.3, -0.25) is 4.79 Å². The van der Waals surface area contributed by atoms with Gasteiger partial charge in [-0.1, -0.05) is 25.1 Å². The van der Waals surface area contributed by atoms with Gasteiger partial charge in [0.2, 0.25) is 0 Å². The third-order valence-corrected chi connectivity index (χ3v) is 3.09. The minimum atomic E-state index is -1.07. The molecule has 0 atom stereocenters. The highest BCUT2D eigenvalue weighted by Gasteiger charge is 2.22. The van der Waals surface area contributed by atoms with Crippen molar-refractivity contribution < 1.29 is 24.0 Å². The molecule has 23 heavy (non-hydrogen) atoms. The Balaban J connectivity index is 2.16. The number of carbonyl (C=O) groups is 2. The highest BCUT2D eigenvalue weighted by molar-refractivity contribution is 6.05. The maximum Gasteiger partial charge on any atom is 0.341 e. The van der Waals surface area contributed by atoms with Crippen molar-refractivity contribution in [2.45, 2.75) is 26.7 Å². The van der Waals surface area contributed by atoms with Crippen molar-refractivity contribution in [3.63, 3.8) is 0 Å². The molecule has 7 heteroatoms. The van der Waals surface area contributed by atoms with Crippen molar-refractivity contribution in [3.05, 3.63) is 41.3 Å². The van der Waals surface area contributed by atoms with E-state index in [0.29, 0.717) is 28.5 Å². The Bertz CT molecular complexity index is 721. The summed E-state index contributed by atoms with van der Waals surface area (Å²) in [7, 11) is 0. The van der Waals surface area contributed by atoms with Crippen molar-refractivity contribution >= 4 is 17.6 Å². The van der Waals surface area contributed by atoms with Gasteiger partial charge in [-0.05, 0) is 19.1 Å². The van der Waals surface area contributed by atoms with Crippen molar-refractivity contribution in [1.29, 1.82) is 0 Å². The van der Waals surface area contributed by atoms with Crippen LogP contribution in [0.15, 0.2) is 28.8 Å². The number of benzene rings is 1. The molecule has 0 spiro atoms. The van der Waals surface area contributed by atoms with Crippen LogP contribution < -0.4 is 10.1 Å². The number of anilines is 1. The number of nitrogens with zero attached hydrogens (tertiary/aromatic N) is 1. The maximum absolute atomic E-state index is 12.5. The zero-order chi connectivity index (χ0) is 17.0. The van der Waals surface area contributed by atoms with Crippen LogP contribution in [0, 0.1) is 6.92 Å². The Labute approximate surface area is 133 Å². The Morgan fingerprint density at radius 1 is 1.39 bits per heavy atom. The van der Waals surface area contributed by atoms with Gasteiger partial charge in [0.05, 0.1) is 5.69 Å². The molecule has 0 radical (unpaired) electrons. The topological polar surface area (TPSA) is 102 Å². The molecule has 0 aliphatic rings. The number of aryl methyl sites for hydroxylation is 1. The fraction of sp³-hybridized carbons (Fsp3) is 0.312. The molecule has 2 rings (SSSR count). The molecule has 1 aromatic heterocycles. The Morgan fingerprint density at radius 3 is 2.78 bits per heavy atom. The quantitative estimate of drug-likeness (QED) is 0.849. The van der Waals surface area contributed by atoms with E-state index in [2.05, 4.69) is 10.5 Å². The predicted molar refractivity (Wildman–Crippen MR) is 82.9 cm³/mol. The molecule has 1 aromatic carbocycles. The van der Waals surface area contributed by atoms with Crippen LogP contribution in [0.5, 0.6) is 5.75 Å². The van der Waals surface area contributed by atoms with E-state index in [0.717, 1.165) is 0 Å². The van der Waals surface area contributed by atoms with Crippen molar-refractivity contribution in [3.8, 4) is 5.75 Å². The van der Waals surface area contributed by atoms with E-state index in [1.165, 1.54) is 0 Å². The molecule has 0 saturated heterocycles. The fourth-order valence-corrected chi connectivity index (χ4v) is 2.06. The minimum Gasteiger partial charge on any atom is -0.482 e. The molecule has 0 unspecified atom stereocenters. The number of carbonyl (C=O) groups excluding carboxylic acids is 1. The van der Waals surface area contributed by atoms with E-state index in [9.17, 15) is 9.59 Å². The summed E-state index contributed by atoms with van der Waals surface area (Å²) < 4.78 is 10.3. The second-order valence-corrected chi connectivity index (χ2v) is 5.33. The Hall–Kier alpha value is -2.83. The van der Waals surface area contributed by atoms with E-state index in [4.69, 9.17) is 14.4 Å². The van der Waals surface area contributed by atoms with E-state index in [1.807, 2.05) is 13.8 Å². The van der Waals surface area contributed by atoms with Crippen molar-refractivity contribution in [2.75, 3.05) is 11.9 Å². The van der Waals surface area contributed by atoms with Crippen molar-refractivity contribution in [1.82, 2.24) is 5.16 Å². The van der Waals surface area contributed by atoms with Crippen LogP contribution in [0.1, 0.15) is 41.6 Å². The molecule has 0 fully saturated rings. The number of hydrogen-bond acceptors (Lipinski definition) is 5. The average Bonchev–Trinajstić information content (AvgIpc) is 2.87. The lowest BCUT2D eigenvalue weighted by atomic mass is 10.0. The second-order valence-electron chi connectivity index (χ2n) is 5.33. The SMILES string of the molecule is Cc1noc(C(C)C)c1C(=O)Nc1cccc(OCC(=O)O)c1. The normalized spacial score (nSPS) is 10.6. The number of hydrogen-bond donors (Lipinski definition) is 2. The van der Waals surface area contributed by atoms with Gasteiger partial charge in [0.1, 0.15) is 11.3 Å². The molecule has 1 heterocycles. The van der Waals surface area contributed by atoms with Gasteiger partial charge in [-0.2, -0.15) is 0 Å². The van der Waals surface area contributed by atoms with Gasteiger partial charge < -0.3 is 19.7 Å². The first-order chi connectivity index (χ1) is 10.9. The van der Waals surface area contributed by atoms with Crippen molar-refractivity contribution in [2.24, 2.45) is 0 Å². The molecule has 2 N–H and O–H groups in total. The first-order valence-electron chi connectivity index (χ1n) is 7.10. The number of ether oxygens (including phenoxy) is 1. The Kier molecular flexibility index (Phi) is 5.00. The molecule has 122 valence electrons. The summed E-state index contributed by atoms with van der Waals surface area (Å²) in [6.07, 6.45) is 0. The number of aromatic nitrogens is 1. The fourth-order valence-electron chi connectivity index (χ4n) is 2.06. The molecule has 0 saturated carbocycles. The third-order valence-electron chi connectivity index (χ3n) is 3.09. The first-order valence-corrected chi connectivity index (χ1v) is 7.10. The monoisotopic (exact) mass is 318 g/mol. The highest BCUT2D eigenvalue weighted by Crippen LogP contribution is 2.24. The van der Waals surface area contributed by atoms with Gasteiger partial charge in [0.25, 0.3) is 5.91 Å². The smallest absolute Gasteiger partial charge is 0.341 e. The molecule has 0 aliphatic heterocycles. The largest absolute Gasteiger partial charge is 0.482 e. The van der Waals surface area contributed by atoms with E-state index in [-0.39, 0.29) is 11.8 Å². The molecule has 0 bridgehead atoms. The molecule has 1 amide bonds. The van der Waals surface area contributed by atoms with Gasteiger partial charge in [-0.15, -0.1) is 0 Å². The molecule has 2 aromatic rings. The summed E-state index contributed by atoms with van der Waals surface area (Å²) in [6, 6.07) is 6.52. The van der Waals surface area contributed by atoms with Gasteiger partial charge in [-0.25, -0.2) is 4.79 Å². The summed E-state index contributed by atoms with van der Waals surface area (Å²) in [5.41, 5.74) is 1.43. The van der Waals surface area contributed by atoms with Crippen LogP contribution in [-0.4, -0.2) is 28.7 Å². The second kappa shape index (κ2) is 6.95. The number of carboxylic acid groups (broad SMARTS) is 1. The number of rotatable bonds is 6. The number of nitrogens with one attached hydrogen (secondary N) is 1. The third kappa shape index (κ3) is 4.09. The van der Waals surface area contributed by atoms with Gasteiger partial charge in [0, 0.05) is 17.7 Å². The molecular weight excluding hydrogens is 300 g/mol. The predicted octanol–water partition coefficient (Wildman–Crippen LogP) is 2.82. The summed E-state index contributed by atoms with van der Waals surface area (Å²) in [5.74, 6) is -0.485. The van der Waals surface area contributed by atoms with Crippen LogP contribution in [-0.2, 0) is 4.79 Å². The lowest BCUT2D eigenvalue weighted by Crippen LogP contribution is -2.15. The summed E-state index contributed by atoms with van der Waals surface area (Å²) in [4.78, 5) is 23.0. The first kappa shape index (κ1) is 16.5. The van der Waals surface area contributed by atoms with Crippen LogP contribution in [0.3, 0.4) is 0 Å². The molecular formula is C16H18N2O5. The van der Waals surface area contributed by atoms with Crippen LogP contribution in [0.25, 0.3) is 0 Å². The lowest BCUT2D eigenvalue weighted by molar-refractivity contribution is -0.139. The van der Waals surface area contributed by atoms with E-state index in [1.54, 1.807) is 31.2 Å². The summed E-state index contributed by atoms with van der Waals surface area (Å²) in [6.45, 7) is 5.09. The highest BCUT2D eigenvalue weighted by atomic mass is 16.5. The zero-order valence-electron chi connectivity index (χ0n) is 13.1. The average molecular weight is 318 g/mol. The summed E-state index contributed by atoms with van der Waals surface area (Å²) >= 11 is 0. The zero-order valence-corrected chi connectivity index (χ0v) is 13.1. The lowest BCUT2D eigenvalue weighted by Gasteiger charge is -2.09. The van der Waals surface area contributed by atoms with Gasteiger partial charge >= 0.3 is 5.97 Å².